The number of nitrogens with zero attached hydrogens (tertiary/aromatic N) is 2. The van der Waals surface area contributed by atoms with Crippen molar-refractivity contribution < 1.29 is 14.7 Å². The summed E-state index contributed by atoms with van der Waals surface area (Å²) in [5.41, 5.74) is 3.00. The number of amides is 2. The van der Waals surface area contributed by atoms with E-state index >= 15 is 0 Å². The summed E-state index contributed by atoms with van der Waals surface area (Å²) in [7, 11) is 0. The largest absolute Gasteiger partial charge is 0.396 e. The zero-order valence-corrected chi connectivity index (χ0v) is 16.0. The topological polar surface area (TPSA) is 60.9 Å². The summed E-state index contributed by atoms with van der Waals surface area (Å²) in [6.45, 7) is 6.99. The molecular formula is C21H30N2O3. The van der Waals surface area contributed by atoms with Crippen molar-refractivity contribution in [2.75, 3.05) is 32.8 Å². The highest BCUT2D eigenvalue weighted by Gasteiger charge is 2.42. The number of hydrogen-bond acceptors (Lipinski definition) is 3. The molecule has 1 aromatic carbocycles. The zero-order chi connectivity index (χ0) is 18.7. The molecule has 5 heteroatoms. The Hall–Kier alpha value is -1.88. The van der Waals surface area contributed by atoms with Crippen LogP contribution in [-0.4, -0.2) is 59.5 Å². The van der Waals surface area contributed by atoms with Gasteiger partial charge in [0, 0.05) is 50.2 Å². The van der Waals surface area contributed by atoms with E-state index < -0.39 is 0 Å². The van der Waals surface area contributed by atoms with Crippen molar-refractivity contribution in [3.05, 3.63) is 34.9 Å². The fraction of sp³-hybridized carbons (Fsp3) is 0.619. The first kappa shape index (κ1) is 18.9. The van der Waals surface area contributed by atoms with Crippen molar-refractivity contribution in [2.45, 2.75) is 46.0 Å². The Balaban J connectivity index is 1.75. The highest BCUT2D eigenvalue weighted by Crippen LogP contribution is 2.39. The number of carbonyl (C=O) groups excluding carboxylic acids is 2. The van der Waals surface area contributed by atoms with E-state index in [0.29, 0.717) is 25.9 Å². The molecule has 0 saturated carbocycles. The van der Waals surface area contributed by atoms with E-state index in [-0.39, 0.29) is 23.8 Å². The molecule has 1 unspecified atom stereocenters. The van der Waals surface area contributed by atoms with Crippen LogP contribution in [0.4, 0.5) is 0 Å². The first-order valence-electron chi connectivity index (χ1n) is 9.70. The van der Waals surface area contributed by atoms with Crippen LogP contribution in [0.15, 0.2) is 18.2 Å². The number of benzene rings is 1. The SMILES string of the molecule is Cc1cccc(C(=O)N2CCCC3(CCC(=O)N(CCCO)C3)C2)c1C. The standard InChI is InChI=1S/C21H30N2O3/c1-16-6-3-7-18(17(16)2)20(26)23-11-4-9-21(15-23)10-8-19(25)22(14-21)12-5-13-24/h3,6-7,24H,4-5,8-15H2,1-2H3. The maximum atomic E-state index is 13.1. The predicted octanol–water partition coefficient (Wildman–Crippen LogP) is 2.53. The summed E-state index contributed by atoms with van der Waals surface area (Å²) >= 11 is 0. The first-order valence-corrected chi connectivity index (χ1v) is 9.70. The lowest BCUT2D eigenvalue weighted by atomic mass is 9.73. The number of aryl methyl sites for hydroxylation is 1. The molecule has 3 rings (SSSR count). The minimum absolute atomic E-state index is 0.00893. The second-order valence-electron chi connectivity index (χ2n) is 7.97. The molecule has 2 saturated heterocycles. The minimum atomic E-state index is 0.00893. The number of aliphatic hydroxyl groups excluding tert-OH is 1. The molecule has 0 radical (unpaired) electrons. The number of aliphatic hydroxyl groups is 1. The summed E-state index contributed by atoms with van der Waals surface area (Å²) in [4.78, 5) is 29.2. The van der Waals surface area contributed by atoms with Gasteiger partial charge in [0.05, 0.1) is 0 Å². The fourth-order valence-corrected chi connectivity index (χ4v) is 4.44. The van der Waals surface area contributed by atoms with Crippen LogP contribution in [-0.2, 0) is 4.79 Å². The summed E-state index contributed by atoms with van der Waals surface area (Å²) in [5.74, 6) is 0.297. The van der Waals surface area contributed by atoms with Crippen molar-refractivity contribution in [3.8, 4) is 0 Å². The van der Waals surface area contributed by atoms with Crippen molar-refractivity contribution in [2.24, 2.45) is 5.41 Å². The third-order valence-corrected chi connectivity index (χ3v) is 6.12. The average Bonchev–Trinajstić information content (AvgIpc) is 2.64. The Labute approximate surface area is 156 Å². The van der Waals surface area contributed by atoms with Crippen LogP contribution >= 0.6 is 0 Å². The molecule has 142 valence electrons. The Kier molecular flexibility index (Phi) is 5.66. The third-order valence-electron chi connectivity index (χ3n) is 6.12. The van der Waals surface area contributed by atoms with Crippen LogP contribution in [0.2, 0.25) is 0 Å². The average molecular weight is 358 g/mol. The molecule has 1 aromatic rings. The van der Waals surface area contributed by atoms with Crippen LogP contribution in [0.5, 0.6) is 0 Å². The van der Waals surface area contributed by atoms with Gasteiger partial charge in [-0.25, -0.2) is 0 Å². The van der Waals surface area contributed by atoms with Crippen molar-refractivity contribution in [1.82, 2.24) is 9.80 Å². The van der Waals surface area contributed by atoms with E-state index in [1.807, 2.05) is 41.8 Å². The van der Waals surface area contributed by atoms with Gasteiger partial charge in [-0.3, -0.25) is 9.59 Å². The summed E-state index contributed by atoms with van der Waals surface area (Å²) in [5, 5.41) is 9.08. The molecule has 2 aliphatic rings. The molecule has 1 spiro atoms. The smallest absolute Gasteiger partial charge is 0.254 e. The first-order chi connectivity index (χ1) is 12.5. The minimum Gasteiger partial charge on any atom is -0.396 e. The molecule has 1 N–H and O–H groups in total. The van der Waals surface area contributed by atoms with Crippen molar-refractivity contribution in [1.29, 1.82) is 0 Å². The van der Waals surface area contributed by atoms with Gasteiger partial charge in [-0.05, 0) is 56.7 Å². The van der Waals surface area contributed by atoms with E-state index in [9.17, 15) is 9.59 Å². The van der Waals surface area contributed by atoms with Crippen molar-refractivity contribution >= 4 is 11.8 Å². The monoisotopic (exact) mass is 358 g/mol. The summed E-state index contributed by atoms with van der Waals surface area (Å²) < 4.78 is 0. The molecular weight excluding hydrogens is 328 g/mol. The van der Waals surface area contributed by atoms with Crippen molar-refractivity contribution in [3.63, 3.8) is 0 Å². The van der Waals surface area contributed by atoms with Gasteiger partial charge in [0.15, 0.2) is 0 Å². The van der Waals surface area contributed by atoms with E-state index in [1.54, 1.807) is 0 Å². The van der Waals surface area contributed by atoms with E-state index in [4.69, 9.17) is 5.11 Å². The normalized spacial score (nSPS) is 23.6. The second-order valence-corrected chi connectivity index (χ2v) is 7.97. The third kappa shape index (κ3) is 3.78. The maximum absolute atomic E-state index is 13.1. The quantitative estimate of drug-likeness (QED) is 0.900. The Bertz CT molecular complexity index is 688. The Morgan fingerprint density at radius 3 is 2.81 bits per heavy atom. The van der Waals surface area contributed by atoms with Gasteiger partial charge >= 0.3 is 0 Å². The lowest BCUT2D eigenvalue weighted by Crippen LogP contribution is -2.55. The molecule has 5 nitrogen and oxygen atoms in total. The van der Waals surface area contributed by atoms with E-state index in [2.05, 4.69) is 0 Å². The molecule has 1 atom stereocenters. The van der Waals surface area contributed by atoms with Crippen LogP contribution in [0.25, 0.3) is 0 Å². The molecule has 0 aromatic heterocycles. The van der Waals surface area contributed by atoms with Gasteiger partial charge in [-0.2, -0.15) is 0 Å². The molecule has 2 aliphatic heterocycles. The van der Waals surface area contributed by atoms with Gasteiger partial charge in [0.1, 0.15) is 0 Å². The zero-order valence-electron chi connectivity index (χ0n) is 16.0. The van der Waals surface area contributed by atoms with Gasteiger partial charge < -0.3 is 14.9 Å². The molecule has 26 heavy (non-hydrogen) atoms. The van der Waals surface area contributed by atoms with E-state index in [1.165, 1.54) is 0 Å². The molecule has 2 fully saturated rings. The van der Waals surface area contributed by atoms with Gasteiger partial charge in [0.25, 0.3) is 5.91 Å². The number of carbonyl (C=O) groups is 2. The molecule has 2 heterocycles. The summed E-state index contributed by atoms with van der Waals surface area (Å²) in [6.07, 6.45) is 4.08. The van der Waals surface area contributed by atoms with Crippen LogP contribution in [0.3, 0.4) is 0 Å². The van der Waals surface area contributed by atoms with Gasteiger partial charge in [0.2, 0.25) is 5.91 Å². The highest BCUT2D eigenvalue weighted by molar-refractivity contribution is 5.96. The molecule has 0 aliphatic carbocycles. The maximum Gasteiger partial charge on any atom is 0.254 e. The van der Waals surface area contributed by atoms with Gasteiger partial charge in [-0.1, -0.05) is 12.1 Å². The molecule has 0 bridgehead atoms. The number of rotatable bonds is 4. The number of hydrogen-bond donors (Lipinski definition) is 1. The lowest BCUT2D eigenvalue weighted by Gasteiger charge is -2.48. The lowest BCUT2D eigenvalue weighted by molar-refractivity contribution is -0.139. The van der Waals surface area contributed by atoms with Crippen LogP contribution in [0.1, 0.15) is 53.6 Å². The molecule has 2 amide bonds. The second kappa shape index (κ2) is 7.78. The highest BCUT2D eigenvalue weighted by atomic mass is 16.3. The predicted molar refractivity (Wildman–Crippen MR) is 101 cm³/mol. The van der Waals surface area contributed by atoms with Crippen LogP contribution < -0.4 is 0 Å². The Morgan fingerprint density at radius 1 is 1.23 bits per heavy atom. The fourth-order valence-electron chi connectivity index (χ4n) is 4.44. The summed E-state index contributed by atoms with van der Waals surface area (Å²) in [6, 6.07) is 5.91. The Morgan fingerprint density at radius 2 is 2.04 bits per heavy atom. The number of piperidine rings is 2. The van der Waals surface area contributed by atoms with Gasteiger partial charge in [-0.15, -0.1) is 0 Å². The van der Waals surface area contributed by atoms with Crippen LogP contribution in [0, 0.1) is 19.3 Å². The number of likely N-dealkylation sites (tertiary alicyclic amines) is 2. The van der Waals surface area contributed by atoms with E-state index in [0.717, 1.165) is 49.0 Å².